The first-order valence-corrected chi connectivity index (χ1v) is 20.6. The summed E-state index contributed by atoms with van der Waals surface area (Å²) in [5.74, 6) is 3.37. The highest BCUT2D eigenvalue weighted by molar-refractivity contribution is 7.25. The van der Waals surface area contributed by atoms with Crippen molar-refractivity contribution in [2.45, 2.75) is 37.5 Å². The van der Waals surface area contributed by atoms with Gasteiger partial charge < -0.3 is 0 Å². The molecule has 1 spiro atoms. The van der Waals surface area contributed by atoms with Crippen LogP contribution < -0.4 is 0 Å². The standard InChI is InChI=1S/C52H38S/c1-2-11-36-32(10-1)20-23-45-50(36)43-29-33(21-22-44(43)52(45)34-25-30-24-31(27-34)28-35(52)26-30)48-37-12-3-5-14-39(37)49(40-15-6-4-13-38(40)48)42-17-9-19-47-51(42)41-16-7-8-18-46(41)53-47/h1-23,29-31,34-35H,24-28H2. The fourth-order valence-electron chi connectivity index (χ4n) is 12.8. The molecule has 0 N–H and O–H groups in total. The van der Waals surface area contributed by atoms with Gasteiger partial charge in [-0.15, -0.1) is 11.3 Å². The summed E-state index contributed by atoms with van der Waals surface area (Å²) in [7, 11) is 0. The van der Waals surface area contributed by atoms with Crippen LogP contribution in [0.3, 0.4) is 0 Å². The first-order chi connectivity index (χ1) is 26.3. The summed E-state index contributed by atoms with van der Waals surface area (Å²) in [6, 6.07) is 56.2. The Morgan fingerprint density at radius 3 is 1.72 bits per heavy atom. The van der Waals surface area contributed by atoms with Crippen LogP contribution in [-0.4, -0.2) is 0 Å². The lowest BCUT2D eigenvalue weighted by Gasteiger charge is -2.61. The molecule has 4 bridgehead atoms. The maximum Gasteiger partial charge on any atom is 0.0361 e. The van der Waals surface area contributed by atoms with E-state index in [2.05, 4.69) is 146 Å². The molecule has 1 heterocycles. The molecule has 53 heavy (non-hydrogen) atoms. The molecule has 0 nitrogen and oxygen atoms in total. The molecule has 5 aliphatic rings. The zero-order valence-electron chi connectivity index (χ0n) is 29.6. The van der Waals surface area contributed by atoms with E-state index in [0.717, 1.165) is 23.7 Å². The molecule has 4 saturated carbocycles. The Morgan fingerprint density at radius 1 is 0.415 bits per heavy atom. The van der Waals surface area contributed by atoms with Gasteiger partial charge in [0.2, 0.25) is 0 Å². The SMILES string of the molecule is c1ccc2c3c(ccc2c1)C1(c2ccc(-c4c5ccccc5c(-c5cccc6sc7ccccc7c56)c5ccccc45)cc2-3)C2CC3CC(C2)CC1C3. The quantitative estimate of drug-likeness (QED) is 0.158. The van der Waals surface area contributed by atoms with Gasteiger partial charge in [0, 0.05) is 25.6 Å². The lowest BCUT2D eigenvalue weighted by Crippen LogP contribution is -2.55. The van der Waals surface area contributed by atoms with Crippen LogP contribution in [0.5, 0.6) is 0 Å². The van der Waals surface area contributed by atoms with Crippen molar-refractivity contribution >= 4 is 63.8 Å². The van der Waals surface area contributed by atoms with Gasteiger partial charge in [-0.25, -0.2) is 0 Å². The topological polar surface area (TPSA) is 0 Å². The van der Waals surface area contributed by atoms with Crippen LogP contribution in [0.15, 0.2) is 146 Å². The largest absolute Gasteiger partial charge is 0.135 e. The third-order valence-electron chi connectivity index (χ3n) is 14.4. The lowest BCUT2D eigenvalue weighted by molar-refractivity contribution is -0.0399. The summed E-state index contributed by atoms with van der Waals surface area (Å²) in [4.78, 5) is 0. The van der Waals surface area contributed by atoms with E-state index in [9.17, 15) is 0 Å². The highest BCUT2D eigenvalue weighted by Gasteiger charge is 2.61. The maximum atomic E-state index is 2.63. The fraction of sp³-hybridized carbons (Fsp3) is 0.192. The van der Waals surface area contributed by atoms with Crippen LogP contribution in [0.2, 0.25) is 0 Å². The summed E-state index contributed by atoms with van der Waals surface area (Å²) in [6.45, 7) is 0. The molecular formula is C52H38S. The fourth-order valence-corrected chi connectivity index (χ4v) is 14.0. The van der Waals surface area contributed by atoms with Gasteiger partial charge in [-0.05, 0) is 151 Å². The third-order valence-corrected chi connectivity index (χ3v) is 15.6. The number of thiophene rings is 1. The van der Waals surface area contributed by atoms with Gasteiger partial charge >= 0.3 is 0 Å². The Labute approximate surface area is 313 Å². The minimum Gasteiger partial charge on any atom is -0.135 e. The zero-order valence-corrected chi connectivity index (χ0v) is 30.4. The molecule has 0 atom stereocenters. The summed E-state index contributed by atoms with van der Waals surface area (Å²) in [5, 5.41) is 10.8. The van der Waals surface area contributed by atoms with E-state index in [1.54, 1.807) is 11.1 Å². The van der Waals surface area contributed by atoms with E-state index in [1.807, 2.05) is 11.3 Å². The van der Waals surface area contributed by atoms with Gasteiger partial charge in [-0.2, -0.15) is 0 Å². The number of hydrogen-bond donors (Lipinski definition) is 0. The molecule has 14 rings (SSSR count). The summed E-state index contributed by atoms with van der Waals surface area (Å²) in [6.07, 6.45) is 7.10. The Morgan fingerprint density at radius 2 is 1.00 bits per heavy atom. The van der Waals surface area contributed by atoms with Crippen molar-refractivity contribution < 1.29 is 0 Å². The summed E-state index contributed by atoms with van der Waals surface area (Å²) in [5.41, 5.74) is 11.8. The molecule has 0 radical (unpaired) electrons. The molecule has 252 valence electrons. The molecule has 0 aliphatic heterocycles. The highest BCUT2D eigenvalue weighted by atomic mass is 32.1. The second-order valence-corrected chi connectivity index (χ2v) is 17.8. The van der Waals surface area contributed by atoms with Crippen LogP contribution in [0.25, 0.3) is 85.9 Å². The monoisotopic (exact) mass is 694 g/mol. The molecule has 0 amide bonds. The minimum atomic E-state index is 0.149. The van der Waals surface area contributed by atoms with E-state index in [4.69, 9.17) is 0 Å². The van der Waals surface area contributed by atoms with Crippen LogP contribution in [0.1, 0.15) is 43.2 Å². The smallest absolute Gasteiger partial charge is 0.0361 e. The van der Waals surface area contributed by atoms with Crippen LogP contribution in [0.4, 0.5) is 0 Å². The molecule has 0 saturated heterocycles. The normalized spacial score (nSPS) is 23.9. The van der Waals surface area contributed by atoms with Crippen molar-refractivity contribution in [3.05, 3.63) is 157 Å². The molecular weight excluding hydrogens is 657 g/mol. The van der Waals surface area contributed by atoms with Crippen molar-refractivity contribution in [3.63, 3.8) is 0 Å². The van der Waals surface area contributed by atoms with Crippen LogP contribution >= 0.6 is 11.3 Å². The van der Waals surface area contributed by atoms with E-state index in [-0.39, 0.29) is 5.41 Å². The van der Waals surface area contributed by atoms with Crippen LogP contribution in [-0.2, 0) is 5.41 Å². The lowest BCUT2D eigenvalue weighted by atomic mass is 9.43. The third kappa shape index (κ3) is 3.72. The molecule has 8 aromatic carbocycles. The van der Waals surface area contributed by atoms with Gasteiger partial charge in [-0.3, -0.25) is 0 Å². The van der Waals surface area contributed by atoms with E-state index < -0.39 is 0 Å². The Balaban J connectivity index is 1.11. The number of benzene rings is 8. The van der Waals surface area contributed by atoms with E-state index >= 15 is 0 Å². The van der Waals surface area contributed by atoms with Crippen molar-refractivity contribution in [2.24, 2.45) is 23.7 Å². The zero-order chi connectivity index (χ0) is 34.4. The van der Waals surface area contributed by atoms with E-state index in [0.29, 0.717) is 0 Å². The minimum absolute atomic E-state index is 0.149. The van der Waals surface area contributed by atoms with Crippen molar-refractivity contribution in [1.82, 2.24) is 0 Å². The highest BCUT2D eigenvalue weighted by Crippen LogP contribution is 2.70. The van der Waals surface area contributed by atoms with E-state index in [1.165, 1.54) is 118 Å². The molecule has 4 fully saturated rings. The Bertz CT molecular complexity index is 2940. The summed E-state index contributed by atoms with van der Waals surface area (Å²) < 4.78 is 2.70. The van der Waals surface area contributed by atoms with Gasteiger partial charge in [0.05, 0.1) is 0 Å². The molecule has 1 heteroatoms. The Hall–Kier alpha value is -5.24. The van der Waals surface area contributed by atoms with Gasteiger partial charge in [0.1, 0.15) is 0 Å². The second-order valence-electron chi connectivity index (χ2n) is 16.8. The average Bonchev–Trinajstić information content (AvgIpc) is 3.73. The number of rotatable bonds is 2. The molecule has 0 unspecified atom stereocenters. The average molecular weight is 695 g/mol. The second kappa shape index (κ2) is 10.5. The van der Waals surface area contributed by atoms with Crippen molar-refractivity contribution in [3.8, 4) is 33.4 Å². The molecule has 9 aromatic rings. The molecule has 5 aliphatic carbocycles. The first-order valence-electron chi connectivity index (χ1n) is 19.8. The summed E-state index contributed by atoms with van der Waals surface area (Å²) >= 11 is 1.91. The number of fused-ring (bicyclic) bond motifs is 10. The van der Waals surface area contributed by atoms with Gasteiger partial charge in [0.25, 0.3) is 0 Å². The molecule has 1 aromatic heterocycles. The number of hydrogen-bond acceptors (Lipinski definition) is 1. The maximum absolute atomic E-state index is 2.63. The van der Waals surface area contributed by atoms with Crippen molar-refractivity contribution in [1.29, 1.82) is 0 Å². The first kappa shape index (κ1) is 29.2. The Kier molecular flexibility index (Phi) is 5.77. The van der Waals surface area contributed by atoms with Gasteiger partial charge in [-0.1, -0.05) is 127 Å². The van der Waals surface area contributed by atoms with Crippen molar-refractivity contribution in [2.75, 3.05) is 0 Å². The van der Waals surface area contributed by atoms with Gasteiger partial charge in [0.15, 0.2) is 0 Å². The predicted molar refractivity (Wildman–Crippen MR) is 226 cm³/mol. The predicted octanol–water partition coefficient (Wildman–Crippen LogP) is 14.6. The van der Waals surface area contributed by atoms with Crippen LogP contribution in [0, 0.1) is 23.7 Å².